The number of aromatic hydroxyl groups is 1. The molecule has 0 aliphatic carbocycles. The van der Waals surface area contributed by atoms with Crippen LogP contribution in [-0.4, -0.2) is 11.0 Å². The lowest BCUT2D eigenvalue weighted by Crippen LogP contribution is -2.12. The van der Waals surface area contributed by atoms with Crippen molar-refractivity contribution in [3.8, 4) is 11.5 Å². The summed E-state index contributed by atoms with van der Waals surface area (Å²) in [5.74, 6) is 1.58. The summed E-state index contributed by atoms with van der Waals surface area (Å²) >= 11 is 0. The molecule has 0 spiro atoms. The topological polar surface area (TPSA) is 71.7 Å². The van der Waals surface area contributed by atoms with Crippen molar-refractivity contribution < 1.29 is 19.1 Å². The molecule has 0 radical (unpaired) electrons. The van der Waals surface area contributed by atoms with E-state index in [2.05, 4.69) is 12.2 Å². The molecule has 0 bridgehead atoms. The van der Waals surface area contributed by atoms with Gasteiger partial charge in [-0.1, -0.05) is 32.9 Å². The van der Waals surface area contributed by atoms with Crippen LogP contribution in [0.2, 0.25) is 0 Å². The molecule has 3 aromatic rings. The number of nitrogens with one attached hydrogen (secondary N) is 1. The number of phenolic OH excluding ortho intramolecular Hbond substituents is 1. The summed E-state index contributed by atoms with van der Waals surface area (Å²) in [4.78, 5) is 12.6. The lowest BCUT2D eigenvalue weighted by Gasteiger charge is -2.14. The van der Waals surface area contributed by atoms with Gasteiger partial charge in [0.05, 0.1) is 0 Å². The van der Waals surface area contributed by atoms with E-state index >= 15 is 0 Å². The van der Waals surface area contributed by atoms with E-state index in [0.29, 0.717) is 11.4 Å². The summed E-state index contributed by atoms with van der Waals surface area (Å²) < 4.78 is 11.4. The van der Waals surface area contributed by atoms with Crippen LogP contribution in [0.5, 0.6) is 11.5 Å². The average Bonchev–Trinajstić information content (AvgIpc) is 3.17. The first-order chi connectivity index (χ1) is 13.9. The van der Waals surface area contributed by atoms with Crippen LogP contribution in [-0.2, 0) is 13.0 Å². The van der Waals surface area contributed by atoms with Crippen LogP contribution in [0.15, 0.2) is 52.9 Å². The SMILES string of the molecule is CCc1ccc(OCc2ccc(C(=O)Nc3cc(C(C)C)c(O)cc3C)o2)cc1. The number of furan rings is 1. The highest BCUT2D eigenvalue weighted by Crippen LogP contribution is 2.31. The van der Waals surface area contributed by atoms with Crippen LogP contribution in [0.1, 0.15) is 59.7 Å². The number of phenols is 1. The molecule has 0 unspecified atom stereocenters. The highest BCUT2D eigenvalue weighted by Gasteiger charge is 2.15. The molecule has 0 aliphatic rings. The average molecular weight is 393 g/mol. The Morgan fingerprint density at radius 1 is 1.14 bits per heavy atom. The van der Waals surface area contributed by atoms with Crippen LogP contribution >= 0.6 is 0 Å². The highest BCUT2D eigenvalue weighted by molar-refractivity contribution is 6.02. The van der Waals surface area contributed by atoms with Gasteiger partial charge < -0.3 is 19.6 Å². The summed E-state index contributed by atoms with van der Waals surface area (Å²) in [7, 11) is 0. The summed E-state index contributed by atoms with van der Waals surface area (Å²) in [6.07, 6.45) is 0.982. The van der Waals surface area contributed by atoms with Gasteiger partial charge in [-0.2, -0.15) is 0 Å². The summed E-state index contributed by atoms with van der Waals surface area (Å²) in [6, 6.07) is 14.7. The minimum absolute atomic E-state index is 0.144. The Morgan fingerprint density at radius 2 is 1.86 bits per heavy atom. The Bertz CT molecular complexity index is 987. The molecule has 5 heteroatoms. The first kappa shape index (κ1) is 20.5. The predicted octanol–water partition coefficient (Wildman–Crippen LogP) is 5.81. The maximum atomic E-state index is 12.6. The molecule has 0 atom stereocenters. The number of ether oxygens (including phenoxy) is 1. The van der Waals surface area contributed by atoms with Gasteiger partial charge in [-0.15, -0.1) is 0 Å². The molecule has 2 N–H and O–H groups in total. The molecular weight excluding hydrogens is 366 g/mol. The van der Waals surface area contributed by atoms with Crippen molar-refractivity contribution >= 4 is 11.6 Å². The van der Waals surface area contributed by atoms with Crippen LogP contribution < -0.4 is 10.1 Å². The van der Waals surface area contributed by atoms with Gasteiger partial charge in [-0.05, 0) is 72.4 Å². The number of rotatable bonds is 7. The molecule has 1 heterocycles. The second-order valence-electron chi connectivity index (χ2n) is 7.39. The van der Waals surface area contributed by atoms with Crippen LogP contribution in [0.4, 0.5) is 5.69 Å². The van der Waals surface area contributed by atoms with Gasteiger partial charge in [-0.25, -0.2) is 0 Å². The zero-order valence-electron chi connectivity index (χ0n) is 17.3. The molecule has 2 aromatic carbocycles. The Balaban J connectivity index is 1.65. The third-order valence-corrected chi connectivity index (χ3v) is 4.84. The first-order valence-electron chi connectivity index (χ1n) is 9.82. The lowest BCUT2D eigenvalue weighted by atomic mass is 9.99. The summed E-state index contributed by atoms with van der Waals surface area (Å²) in [5.41, 5.74) is 3.47. The van der Waals surface area contributed by atoms with E-state index in [1.165, 1.54) is 5.56 Å². The monoisotopic (exact) mass is 393 g/mol. The van der Waals surface area contributed by atoms with Gasteiger partial charge in [0, 0.05) is 5.69 Å². The second-order valence-corrected chi connectivity index (χ2v) is 7.39. The number of carbonyl (C=O) groups excluding carboxylic acids is 1. The van der Waals surface area contributed by atoms with Gasteiger partial charge in [0.25, 0.3) is 5.91 Å². The first-order valence-corrected chi connectivity index (χ1v) is 9.82. The zero-order valence-corrected chi connectivity index (χ0v) is 17.3. The van der Waals surface area contributed by atoms with Gasteiger partial charge in [-0.3, -0.25) is 4.79 Å². The Morgan fingerprint density at radius 3 is 2.52 bits per heavy atom. The molecule has 1 amide bonds. The molecule has 152 valence electrons. The smallest absolute Gasteiger partial charge is 0.291 e. The van der Waals surface area contributed by atoms with E-state index in [1.54, 1.807) is 24.3 Å². The van der Waals surface area contributed by atoms with Gasteiger partial charge >= 0.3 is 0 Å². The number of hydrogen-bond donors (Lipinski definition) is 2. The Hall–Kier alpha value is -3.21. The fraction of sp³-hybridized carbons (Fsp3) is 0.292. The largest absolute Gasteiger partial charge is 0.508 e. The van der Waals surface area contributed by atoms with Crippen molar-refractivity contribution in [1.82, 2.24) is 0 Å². The van der Waals surface area contributed by atoms with Crippen LogP contribution in [0.3, 0.4) is 0 Å². The van der Waals surface area contributed by atoms with E-state index in [-0.39, 0.29) is 29.9 Å². The number of anilines is 1. The fourth-order valence-corrected chi connectivity index (χ4v) is 3.04. The normalized spacial score (nSPS) is 10.9. The van der Waals surface area contributed by atoms with Gasteiger partial charge in [0.2, 0.25) is 0 Å². The van der Waals surface area contributed by atoms with E-state index in [0.717, 1.165) is 23.3 Å². The maximum Gasteiger partial charge on any atom is 0.291 e. The summed E-state index contributed by atoms with van der Waals surface area (Å²) in [5, 5.41) is 12.9. The molecule has 0 fully saturated rings. The number of benzene rings is 2. The Labute approximate surface area is 171 Å². The van der Waals surface area contributed by atoms with Gasteiger partial charge in [0.1, 0.15) is 23.9 Å². The molecule has 29 heavy (non-hydrogen) atoms. The number of carbonyl (C=O) groups is 1. The zero-order chi connectivity index (χ0) is 21.0. The molecule has 3 rings (SSSR count). The number of amides is 1. The Kier molecular flexibility index (Phi) is 6.27. The van der Waals surface area contributed by atoms with Crippen molar-refractivity contribution in [3.63, 3.8) is 0 Å². The van der Waals surface area contributed by atoms with E-state index in [9.17, 15) is 9.90 Å². The van der Waals surface area contributed by atoms with Crippen molar-refractivity contribution in [2.75, 3.05) is 5.32 Å². The number of aryl methyl sites for hydroxylation is 2. The van der Waals surface area contributed by atoms with E-state index < -0.39 is 0 Å². The maximum absolute atomic E-state index is 12.6. The molecular formula is C24H27NO4. The van der Waals surface area contributed by atoms with E-state index in [4.69, 9.17) is 9.15 Å². The molecule has 0 saturated heterocycles. The second kappa shape index (κ2) is 8.86. The third-order valence-electron chi connectivity index (χ3n) is 4.84. The molecule has 5 nitrogen and oxygen atoms in total. The van der Waals surface area contributed by atoms with Crippen molar-refractivity contribution in [3.05, 3.63) is 76.7 Å². The third kappa shape index (κ3) is 4.99. The molecule has 0 saturated carbocycles. The molecule has 1 aromatic heterocycles. The van der Waals surface area contributed by atoms with Gasteiger partial charge in [0.15, 0.2) is 5.76 Å². The summed E-state index contributed by atoms with van der Waals surface area (Å²) in [6.45, 7) is 8.17. The quantitative estimate of drug-likeness (QED) is 0.497. The highest BCUT2D eigenvalue weighted by atomic mass is 16.5. The lowest BCUT2D eigenvalue weighted by molar-refractivity contribution is 0.0992. The van der Waals surface area contributed by atoms with Crippen molar-refractivity contribution in [2.24, 2.45) is 0 Å². The van der Waals surface area contributed by atoms with Crippen LogP contribution in [0, 0.1) is 6.92 Å². The van der Waals surface area contributed by atoms with Crippen molar-refractivity contribution in [2.45, 2.75) is 46.6 Å². The standard InChI is InChI=1S/C24H27NO4/c1-5-17-6-8-18(9-7-17)28-14-19-10-11-23(29-19)24(27)25-21-13-20(15(2)3)22(26)12-16(21)4/h6-13,15,26H,5,14H2,1-4H3,(H,25,27). The fourth-order valence-electron chi connectivity index (χ4n) is 3.04. The predicted molar refractivity (Wildman–Crippen MR) is 114 cm³/mol. The minimum Gasteiger partial charge on any atom is -0.508 e. The minimum atomic E-state index is -0.341. The molecule has 0 aliphatic heterocycles. The van der Waals surface area contributed by atoms with Crippen molar-refractivity contribution in [1.29, 1.82) is 0 Å². The van der Waals surface area contributed by atoms with Crippen LogP contribution in [0.25, 0.3) is 0 Å². The van der Waals surface area contributed by atoms with E-state index in [1.807, 2.05) is 45.0 Å². The number of hydrogen-bond acceptors (Lipinski definition) is 4.